The number of methoxy groups -OCH3 is 1. The van der Waals surface area contributed by atoms with Crippen molar-refractivity contribution < 1.29 is 14.3 Å². The van der Waals surface area contributed by atoms with Gasteiger partial charge in [0.25, 0.3) is 0 Å². The van der Waals surface area contributed by atoms with Crippen LogP contribution in [0.25, 0.3) is 17.2 Å². The molecule has 4 saturated carbocycles. The van der Waals surface area contributed by atoms with E-state index in [1.807, 2.05) is 18.2 Å². The summed E-state index contributed by atoms with van der Waals surface area (Å²) in [7, 11) is 1.78. The molecule has 0 radical (unpaired) electrons. The van der Waals surface area contributed by atoms with Crippen molar-refractivity contribution in [1.82, 2.24) is 0 Å². The molecule has 4 bridgehead atoms. The van der Waals surface area contributed by atoms with Crippen molar-refractivity contribution in [3.8, 4) is 16.9 Å². The first kappa shape index (κ1) is 19.3. The molecule has 4 fully saturated rings. The molecular weight excluding hydrogens is 372 g/mol. The van der Waals surface area contributed by atoms with E-state index >= 15 is 0 Å². The molecule has 0 saturated heterocycles. The fraction of sp³-hybridized carbons (Fsp3) is 0.407. The Balaban J connectivity index is 1.58. The van der Waals surface area contributed by atoms with Crippen molar-refractivity contribution in [2.24, 2.45) is 17.8 Å². The van der Waals surface area contributed by atoms with Crippen molar-refractivity contribution in [3.63, 3.8) is 0 Å². The predicted octanol–water partition coefficient (Wildman–Crippen LogP) is 5.85. The average Bonchev–Trinajstić information content (AvgIpc) is 2.76. The Labute approximate surface area is 178 Å². The summed E-state index contributed by atoms with van der Waals surface area (Å²) in [6.07, 6.45) is 12.8. The molecule has 0 aromatic heterocycles. The third-order valence-electron chi connectivity index (χ3n) is 7.71. The normalized spacial score (nSPS) is 29.3. The van der Waals surface area contributed by atoms with Crippen molar-refractivity contribution in [2.45, 2.75) is 43.9 Å². The smallest absolute Gasteiger partial charge is 0.150 e. The van der Waals surface area contributed by atoms with E-state index in [-0.39, 0.29) is 5.41 Å². The Morgan fingerprint density at radius 3 is 2.10 bits per heavy atom. The van der Waals surface area contributed by atoms with Crippen LogP contribution in [0.3, 0.4) is 0 Å². The lowest BCUT2D eigenvalue weighted by Crippen LogP contribution is -2.48. The summed E-state index contributed by atoms with van der Waals surface area (Å²) < 4.78 is 5.84. The van der Waals surface area contributed by atoms with Crippen LogP contribution in [0, 0.1) is 17.8 Å². The predicted molar refractivity (Wildman–Crippen MR) is 119 cm³/mol. The van der Waals surface area contributed by atoms with Gasteiger partial charge >= 0.3 is 0 Å². The first-order chi connectivity index (χ1) is 14.6. The van der Waals surface area contributed by atoms with Crippen LogP contribution in [0.4, 0.5) is 0 Å². The highest BCUT2D eigenvalue weighted by Gasteiger charge is 2.52. The van der Waals surface area contributed by atoms with Gasteiger partial charge in [-0.25, -0.2) is 0 Å². The average molecular weight is 401 g/mol. The summed E-state index contributed by atoms with van der Waals surface area (Å²) in [5.74, 6) is 3.62. The fourth-order valence-electron chi connectivity index (χ4n) is 6.89. The van der Waals surface area contributed by atoms with Crippen molar-refractivity contribution in [3.05, 3.63) is 59.2 Å². The standard InChI is InChI=1S/C27H28O3/c1-30-26-7-6-23(22-4-5-24(17-29)21(12-22)3-2-8-28)13-25(26)27-14-18-9-19(15-27)11-20(10-18)16-27/h2-8,12-13,17-20H,9-11,14-16H2,1H3/b3-2+. The molecular formula is C27H28O3. The van der Waals surface area contributed by atoms with Crippen LogP contribution in [0.1, 0.15) is 60.0 Å². The van der Waals surface area contributed by atoms with Crippen molar-refractivity contribution >= 4 is 18.6 Å². The number of ether oxygens (including phenoxy) is 1. The number of hydrogen-bond donors (Lipinski definition) is 0. The molecule has 2 aromatic rings. The van der Waals surface area contributed by atoms with Gasteiger partial charge in [-0.1, -0.05) is 24.3 Å². The number of hydrogen-bond acceptors (Lipinski definition) is 3. The molecule has 0 heterocycles. The zero-order valence-corrected chi connectivity index (χ0v) is 17.5. The second kappa shape index (κ2) is 7.54. The minimum atomic E-state index is 0.249. The third-order valence-corrected chi connectivity index (χ3v) is 7.71. The van der Waals surface area contributed by atoms with E-state index in [1.54, 1.807) is 13.2 Å². The summed E-state index contributed by atoms with van der Waals surface area (Å²) in [6.45, 7) is 0. The maximum atomic E-state index is 11.4. The lowest BCUT2D eigenvalue weighted by Gasteiger charge is -2.57. The highest BCUT2D eigenvalue weighted by molar-refractivity contribution is 5.86. The van der Waals surface area contributed by atoms with Crippen LogP contribution in [0.2, 0.25) is 0 Å². The number of benzene rings is 2. The van der Waals surface area contributed by atoms with E-state index in [0.717, 1.165) is 52.8 Å². The van der Waals surface area contributed by atoms with E-state index in [1.165, 1.54) is 50.2 Å². The molecule has 0 aliphatic heterocycles. The van der Waals surface area contributed by atoms with Crippen LogP contribution < -0.4 is 4.74 Å². The zero-order chi connectivity index (χ0) is 20.7. The first-order valence-corrected chi connectivity index (χ1v) is 11.0. The number of carbonyl (C=O) groups excluding carboxylic acids is 2. The second-order valence-corrected chi connectivity index (χ2v) is 9.57. The number of rotatable bonds is 6. The minimum absolute atomic E-state index is 0.249. The summed E-state index contributed by atoms with van der Waals surface area (Å²) in [4.78, 5) is 22.2. The minimum Gasteiger partial charge on any atom is -0.496 e. The molecule has 0 unspecified atom stereocenters. The Hall–Kier alpha value is -2.68. The van der Waals surface area contributed by atoms with Gasteiger partial charge in [-0.3, -0.25) is 9.59 Å². The van der Waals surface area contributed by atoms with E-state index in [9.17, 15) is 9.59 Å². The van der Waals surface area contributed by atoms with Gasteiger partial charge in [-0.2, -0.15) is 0 Å². The number of aldehydes is 2. The molecule has 4 aliphatic rings. The van der Waals surface area contributed by atoms with Gasteiger partial charge in [0.2, 0.25) is 0 Å². The van der Waals surface area contributed by atoms with E-state index in [0.29, 0.717) is 5.56 Å². The number of allylic oxidation sites excluding steroid dienone is 1. The van der Waals surface area contributed by atoms with Crippen LogP contribution >= 0.6 is 0 Å². The Morgan fingerprint density at radius 1 is 0.867 bits per heavy atom. The van der Waals surface area contributed by atoms with Gasteiger partial charge in [0.15, 0.2) is 6.29 Å². The fourth-order valence-corrected chi connectivity index (χ4v) is 6.89. The van der Waals surface area contributed by atoms with Crippen LogP contribution in [0.15, 0.2) is 42.5 Å². The monoisotopic (exact) mass is 400 g/mol. The highest BCUT2D eigenvalue weighted by Crippen LogP contribution is 2.62. The largest absolute Gasteiger partial charge is 0.496 e. The SMILES string of the molecule is COc1ccc(-c2ccc(C=O)c(/C=C/C=O)c2)cc1C12CC3CC(CC(C3)C1)C2. The summed E-state index contributed by atoms with van der Waals surface area (Å²) >= 11 is 0. The van der Waals surface area contributed by atoms with Crippen LogP contribution in [-0.2, 0) is 10.2 Å². The Kier molecular flexibility index (Phi) is 4.85. The molecule has 3 nitrogen and oxygen atoms in total. The van der Waals surface area contributed by atoms with Crippen molar-refractivity contribution in [2.75, 3.05) is 7.11 Å². The molecule has 4 aliphatic carbocycles. The van der Waals surface area contributed by atoms with Gasteiger partial charge in [0.05, 0.1) is 7.11 Å². The molecule has 0 atom stereocenters. The van der Waals surface area contributed by atoms with E-state index in [4.69, 9.17) is 4.74 Å². The third kappa shape index (κ3) is 3.21. The molecule has 3 heteroatoms. The molecule has 2 aromatic carbocycles. The second-order valence-electron chi connectivity index (χ2n) is 9.57. The lowest BCUT2D eigenvalue weighted by molar-refractivity contribution is -0.104. The summed E-state index contributed by atoms with van der Waals surface area (Å²) in [5, 5.41) is 0. The van der Waals surface area contributed by atoms with Crippen molar-refractivity contribution in [1.29, 1.82) is 0 Å². The lowest BCUT2D eigenvalue weighted by atomic mass is 9.48. The topological polar surface area (TPSA) is 43.4 Å². The quantitative estimate of drug-likeness (QED) is 0.451. The zero-order valence-electron chi connectivity index (χ0n) is 17.5. The summed E-state index contributed by atoms with van der Waals surface area (Å²) in [6, 6.07) is 12.4. The first-order valence-electron chi connectivity index (χ1n) is 11.0. The van der Waals surface area contributed by atoms with Gasteiger partial charge < -0.3 is 4.74 Å². The van der Waals surface area contributed by atoms with Crippen LogP contribution in [0.5, 0.6) is 5.75 Å². The van der Waals surface area contributed by atoms with E-state index < -0.39 is 0 Å². The maximum absolute atomic E-state index is 11.4. The van der Waals surface area contributed by atoms with Gasteiger partial charge in [-0.05, 0) is 103 Å². The molecule has 0 amide bonds. The van der Waals surface area contributed by atoms with Crippen LogP contribution in [-0.4, -0.2) is 19.7 Å². The molecule has 30 heavy (non-hydrogen) atoms. The maximum Gasteiger partial charge on any atom is 0.150 e. The molecule has 0 N–H and O–H groups in total. The number of carbonyl (C=O) groups is 2. The molecule has 6 rings (SSSR count). The summed E-state index contributed by atoms with van der Waals surface area (Å²) in [5.41, 5.74) is 5.16. The van der Waals surface area contributed by atoms with Gasteiger partial charge in [0, 0.05) is 11.1 Å². The molecule has 154 valence electrons. The highest BCUT2D eigenvalue weighted by atomic mass is 16.5. The Bertz CT molecular complexity index is 981. The van der Waals surface area contributed by atoms with Gasteiger partial charge in [0.1, 0.15) is 12.0 Å². The van der Waals surface area contributed by atoms with E-state index in [2.05, 4.69) is 18.2 Å². The molecule has 0 spiro atoms. The van der Waals surface area contributed by atoms with Gasteiger partial charge in [-0.15, -0.1) is 0 Å². The Morgan fingerprint density at radius 2 is 1.50 bits per heavy atom.